The van der Waals surface area contributed by atoms with E-state index in [-0.39, 0.29) is 30.5 Å². The van der Waals surface area contributed by atoms with Gasteiger partial charge >= 0.3 is 5.69 Å². The number of nitriles is 1. The lowest BCUT2D eigenvalue weighted by atomic mass is 9.79. The van der Waals surface area contributed by atoms with Crippen LogP contribution in [0.4, 0.5) is 0 Å². The molecule has 0 aliphatic carbocycles. The van der Waals surface area contributed by atoms with E-state index < -0.39 is 11.3 Å². The van der Waals surface area contributed by atoms with Gasteiger partial charge in [0.2, 0.25) is 0 Å². The van der Waals surface area contributed by atoms with Crippen molar-refractivity contribution in [1.82, 2.24) is 9.55 Å². The van der Waals surface area contributed by atoms with Gasteiger partial charge in [-0.15, -0.1) is 0 Å². The summed E-state index contributed by atoms with van der Waals surface area (Å²) in [5, 5.41) is 9.45. The van der Waals surface area contributed by atoms with Gasteiger partial charge in [0.05, 0.1) is 26.9 Å². The number of nitrogens with one attached hydrogen (secondary N) is 1. The Morgan fingerprint density at radius 1 is 0.881 bits per heavy atom. The summed E-state index contributed by atoms with van der Waals surface area (Å²) in [6.45, 7) is 4.14. The minimum atomic E-state index is -1.01. The first-order chi connectivity index (χ1) is 20.3. The van der Waals surface area contributed by atoms with Gasteiger partial charge in [-0.1, -0.05) is 61.5 Å². The molecule has 4 rings (SSSR count). The van der Waals surface area contributed by atoms with Gasteiger partial charge in [0.1, 0.15) is 17.1 Å². The van der Waals surface area contributed by atoms with E-state index in [0.29, 0.717) is 18.4 Å². The summed E-state index contributed by atoms with van der Waals surface area (Å²) in [4.78, 5) is 28.0. The molecule has 42 heavy (non-hydrogen) atoms. The quantitative estimate of drug-likeness (QED) is 0.216. The number of nitrogens with zero attached hydrogens (tertiary/aromatic N) is 2. The molecule has 2 atom stereocenters. The van der Waals surface area contributed by atoms with Gasteiger partial charge in [0.15, 0.2) is 0 Å². The van der Waals surface area contributed by atoms with E-state index in [0.717, 1.165) is 28.2 Å². The van der Waals surface area contributed by atoms with Crippen LogP contribution in [0.25, 0.3) is 0 Å². The predicted octanol–water partition coefficient (Wildman–Crippen LogP) is 5.43. The highest BCUT2D eigenvalue weighted by molar-refractivity contribution is 5.49. The number of rotatable bonds is 13. The highest BCUT2D eigenvalue weighted by atomic mass is 16.5. The lowest BCUT2D eigenvalue weighted by molar-refractivity contribution is -0.0212. The smallest absolute Gasteiger partial charge is 0.328 e. The maximum absolute atomic E-state index is 12.8. The number of aryl methyl sites for hydroxylation is 1. The van der Waals surface area contributed by atoms with Crippen LogP contribution in [0, 0.1) is 30.1 Å². The maximum Gasteiger partial charge on any atom is 0.328 e. The van der Waals surface area contributed by atoms with Crippen molar-refractivity contribution in [2.24, 2.45) is 11.8 Å². The molecule has 0 aliphatic rings. The molecule has 1 N–H and O–H groups in total. The van der Waals surface area contributed by atoms with Crippen molar-refractivity contribution in [2.45, 2.75) is 38.8 Å². The normalized spacial score (nSPS) is 12.7. The molecule has 0 fully saturated rings. The Balaban J connectivity index is 1.80. The Morgan fingerprint density at radius 2 is 1.43 bits per heavy atom. The molecule has 8 heteroatoms. The molecule has 2 unspecified atom stereocenters. The lowest BCUT2D eigenvalue weighted by Crippen LogP contribution is -2.40. The van der Waals surface area contributed by atoms with Gasteiger partial charge in [-0.25, -0.2) is 4.79 Å². The van der Waals surface area contributed by atoms with E-state index in [1.807, 2.05) is 85.8 Å². The average Bonchev–Trinajstić information content (AvgIpc) is 3.03. The van der Waals surface area contributed by atoms with Crippen molar-refractivity contribution in [1.29, 1.82) is 5.26 Å². The standard InChI is InChI=1S/C34H37N3O5/c1-24-21-36-33(39)37(32(24)38)22-25(2)26(9-8-20-35)23-42-34(27-10-6-5-7-11-27,28-12-16-30(40-3)17-13-28)29-14-18-31(41-4)19-15-29/h5-7,10-19,21,25-26H,8-9,22-23H2,1-4H3,(H,36,39). The van der Waals surface area contributed by atoms with Crippen LogP contribution < -0.4 is 20.7 Å². The van der Waals surface area contributed by atoms with Crippen LogP contribution in [-0.4, -0.2) is 30.4 Å². The molecule has 0 saturated heterocycles. The number of methoxy groups -OCH3 is 2. The van der Waals surface area contributed by atoms with Crippen LogP contribution in [0.3, 0.4) is 0 Å². The third-order valence-electron chi connectivity index (χ3n) is 7.83. The summed E-state index contributed by atoms with van der Waals surface area (Å²) in [6, 6.07) is 27.9. The number of H-pyrrole nitrogens is 1. The van der Waals surface area contributed by atoms with Gasteiger partial charge in [0, 0.05) is 24.7 Å². The topological polar surface area (TPSA) is 106 Å². The number of hydrogen-bond acceptors (Lipinski definition) is 6. The van der Waals surface area contributed by atoms with Crippen LogP contribution in [-0.2, 0) is 16.9 Å². The van der Waals surface area contributed by atoms with Gasteiger partial charge < -0.3 is 19.2 Å². The third kappa shape index (κ3) is 6.48. The summed E-state index contributed by atoms with van der Waals surface area (Å²) < 4.78 is 19.2. The fourth-order valence-electron chi connectivity index (χ4n) is 5.31. The Morgan fingerprint density at radius 3 is 1.95 bits per heavy atom. The minimum absolute atomic E-state index is 0.129. The van der Waals surface area contributed by atoms with Crippen molar-refractivity contribution in [2.75, 3.05) is 20.8 Å². The van der Waals surface area contributed by atoms with Crippen molar-refractivity contribution in [3.8, 4) is 17.6 Å². The van der Waals surface area contributed by atoms with Gasteiger partial charge in [-0.2, -0.15) is 5.26 Å². The lowest BCUT2D eigenvalue weighted by Gasteiger charge is -2.38. The van der Waals surface area contributed by atoms with Crippen LogP contribution in [0.5, 0.6) is 11.5 Å². The van der Waals surface area contributed by atoms with E-state index in [4.69, 9.17) is 14.2 Å². The molecule has 3 aromatic carbocycles. The SMILES string of the molecule is COc1ccc(C(OCC(CCC#N)C(C)Cn2c(=O)[nH]cc(C)c2=O)(c2ccccc2)c2ccc(OC)cc2)cc1. The third-order valence-corrected chi connectivity index (χ3v) is 7.83. The Kier molecular flexibility index (Phi) is 10.00. The molecule has 0 bridgehead atoms. The molecule has 4 aromatic rings. The minimum Gasteiger partial charge on any atom is -0.497 e. The molecular formula is C34H37N3O5. The zero-order chi connectivity index (χ0) is 30.1. The maximum atomic E-state index is 12.8. The number of benzene rings is 3. The van der Waals surface area contributed by atoms with Crippen molar-refractivity contribution in [3.63, 3.8) is 0 Å². The number of aromatic amines is 1. The average molecular weight is 568 g/mol. The van der Waals surface area contributed by atoms with Crippen LogP contribution in [0.15, 0.2) is 94.6 Å². The fourth-order valence-corrected chi connectivity index (χ4v) is 5.31. The molecule has 218 valence electrons. The zero-order valence-corrected chi connectivity index (χ0v) is 24.5. The van der Waals surface area contributed by atoms with Gasteiger partial charge in [-0.05, 0) is 66.1 Å². The largest absolute Gasteiger partial charge is 0.497 e. The molecule has 0 amide bonds. The van der Waals surface area contributed by atoms with Gasteiger partial charge in [-0.3, -0.25) is 9.36 Å². The number of hydrogen-bond donors (Lipinski definition) is 1. The Bertz CT molecular complexity index is 1560. The molecule has 1 heterocycles. The summed E-state index contributed by atoms with van der Waals surface area (Å²) in [5.74, 6) is 1.18. The second-order valence-corrected chi connectivity index (χ2v) is 10.4. The molecule has 0 radical (unpaired) electrons. The summed E-state index contributed by atoms with van der Waals surface area (Å²) in [5.41, 5.74) is 1.41. The van der Waals surface area contributed by atoms with E-state index in [9.17, 15) is 14.9 Å². The molecule has 8 nitrogen and oxygen atoms in total. The van der Waals surface area contributed by atoms with Crippen LogP contribution in [0.1, 0.15) is 42.0 Å². The first kappa shape index (κ1) is 30.4. The molecule has 1 aromatic heterocycles. The molecule has 0 aliphatic heterocycles. The summed E-state index contributed by atoms with van der Waals surface area (Å²) in [6.07, 6.45) is 2.30. The fraction of sp³-hybridized carbons (Fsp3) is 0.324. The summed E-state index contributed by atoms with van der Waals surface area (Å²) in [7, 11) is 3.26. The Labute approximate surface area is 246 Å². The molecule has 0 spiro atoms. The molecule has 0 saturated carbocycles. The van der Waals surface area contributed by atoms with Crippen LogP contribution in [0.2, 0.25) is 0 Å². The highest BCUT2D eigenvalue weighted by Crippen LogP contribution is 2.42. The van der Waals surface area contributed by atoms with Crippen molar-refractivity contribution < 1.29 is 14.2 Å². The van der Waals surface area contributed by atoms with Crippen LogP contribution >= 0.6 is 0 Å². The Hall–Kier alpha value is -4.61. The zero-order valence-electron chi connectivity index (χ0n) is 24.5. The second-order valence-electron chi connectivity index (χ2n) is 10.4. The first-order valence-electron chi connectivity index (χ1n) is 14.0. The second kappa shape index (κ2) is 13.8. The number of ether oxygens (including phenoxy) is 3. The summed E-state index contributed by atoms with van der Waals surface area (Å²) >= 11 is 0. The first-order valence-corrected chi connectivity index (χ1v) is 14.0. The van der Waals surface area contributed by atoms with E-state index in [2.05, 4.69) is 11.1 Å². The van der Waals surface area contributed by atoms with Crippen molar-refractivity contribution >= 4 is 0 Å². The van der Waals surface area contributed by atoms with E-state index in [1.165, 1.54) is 10.8 Å². The van der Waals surface area contributed by atoms with Crippen molar-refractivity contribution in [3.05, 3.63) is 128 Å². The van der Waals surface area contributed by atoms with Gasteiger partial charge in [0.25, 0.3) is 5.56 Å². The van der Waals surface area contributed by atoms with E-state index in [1.54, 1.807) is 21.1 Å². The molecular weight excluding hydrogens is 530 g/mol. The monoisotopic (exact) mass is 567 g/mol. The van der Waals surface area contributed by atoms with E-state index >= 15 is 0 Å². The number of aromatic nitrogens is 2. The predicted molar refractivity (Wildman–Crippen MR) is 162 cm³/mol. The highest BCUT2D eigenvalue weighted by Gasteiger charge is 2.39.